The summed E-state index contributed by atoms with van der Waals surface area (Å²) in [6.07, 6.45) is 1.29. The Labute approximate surface area is 81.3 Å². The van der Waals surface area contributed by atoms with Gasteiger partial charge in [-0.25, -0.2) is 0 Å². The smallest absolute Gasteiger partial charge is 0.0253 e. The summed E-state index contributed by atoms with van der Waals surface area (Å²) in [6.45, 7) is 1.89. The van der Waals surface area contributed by atoms with Crippen molar-refractivity contribution in [3.63, 3.8) is 0 Å². The standard InChI is InChI=1S/C10H14O2S/c1-2-10(13(11)12)8-9-6-4-3-5-7-9/h3-7,10H,2,8H2,1H3,(H,11,12)/p-1. The van der Waals surface area contributed by atoms with Crippen molar-refractivity contribution in [3.8, 4) is 0 Å². The van der Waals surface area contributed by atoms with Crippen molar-refractivity contribution in [2.24, 2.45) is 0 Å². The van der Waals surface area contributed by atoms with Gasteiger partial charge in [-0.05, 0) is 18.4 Å². The molecule has 0 aliphatic heterocycles. The third-order valence-corrected chi connectivity index (χ3v) is 3.08. The summed E-state index contributed by atoms with van der Waals surface area (Å²) >= 11 is -1.95. The highest BCUT2D eigenvalue weighted by Gasteiger charge is 2.06. The summed E-state index contributed by atoms with van der Waals surface area (Å²) in [4.78, 5) is 0. The van der Waals surface area contributed by atoms with Gasteiger partial charge in [0.1, 0.15) is 0 Å². The molecule has 1 rings (SSSR count). The lowest BCUT2D eigenvalue weighted by Crippen LogP contribution is -2.16. The second kappa shape index (κ2) is 5.14. The van der Waals surface area contributed by atoms with Crippen LogP contribution in [0.4, 0.5) is 0 Å². The molecule has 2 nitrogen and oxygen atoms in total. The quantitative estimate of drug-likeness (QED) is 0.691. The number of hydrogen-bond donors (Lipinski definition) is 0. The van der Waals surface area contributed by atoms with Crippen LogP contribution in [0.2, 0.25) is 0 Å². The van der Waals surface area contributed by atoms with Gasteiger partial charge in [-0.3, -0.25) is 4.21 Å². The number of rotatable bonds is 4. The van der Waals surface area contributed by atoms with Crippen molar-refractivity contribution in [3.05, 3.63) is 35.9 Å². The van der Waals surface area contributed by atoms with Gasteiger partial charge in [0.25, 0.3) is 0 Å². The van der Waals surface area contributed by atoms with Crippen LogP contribution in [0, 0.1) is 0 Å². The molecule has 0 spiro atoms. The summed E-state index contributed by atoms with van der Waals surface area (Å²) in [5.74, 6) is 0. The highest BCUT2D eigenvalue weighted by atomic mass is 32.2. The van der Waals surface area contributed by atoms with Crippen molar-refractivity contribution in [2.45, 2.75) is 25.0 Å². The number of benzene rings is 1. The van der Waals surface area contributed by atoms with Crippen LogP contribution in [0.25, 0.3) is 0 Å². The van der Waals surface area contributed by atoms with Crippen LogP contribution >= 0.6 is 0 Å². The van der Waals surface area contributed by atoms with Gasteiger partial charge in [0, 0.05) is 5.25 Å². The lowest BCUT2D eigenvalue weighted by Gasteiger charge is -2.17. The second-order valence-electron chi connectivity index (χ2n) is 2.98. The van der Waals surface area contributed by atoms with E-state index in [4.69, 9.17) is 0 Å². The maximum atomic E-state index is 10.7. The fourth-order valence-corrected chi connectivity index (χ4v) is 1.83. The van der Waals surface area contributed by atoms with Crippen molar-refractivity contribution in [1.29, 1.82) is 0 Å². The molecule has 0 saturated heterocycles. The molecule has 0 saturated carbocycles. The van der Waals surface area contributed by atoms with Crippen molar-refractivity contribution < 1.29 is 8.76 Å². The first-order chi connectivity index (χ1) is 6.24. The SMILES string of the molecule is CCC(Cc1ccccc1)S(=O)[O-]. The van der Waals surface area contributed by atoms with Gasteiger partial charge >= 0.3 is 0 Å². The van der Waals surface area contributed by atoms with Crippen LogP contribution in [-0.2, 0) is 17.5 Å². The molecule has 13 heavy (non-hydrogen) atoms. The Bertz CT molecular complexity index is 272. The molecule has 0 fully saturated rings. The Kier molecular flexibility index (Phi) is 4.12. The van der Waals surface area contributed by atoms with Gasteiger partial charge in [-0.15, -0.1) is 0 Å². The summed E-state index contributed by atoms with van der Waals surface area (Å²) < 4.78 is 21.5. The first-order valence-corrected chi connectivity index (χ1v) is 5.49. The maximum absolute atomic E-state index is 10.7. The van der Waals surface area contributed by atoms with E-state index in [0.717, 1.165) is 5.56 Å². The molecule has 72 valence electrons. The zero-order chi connectivity index (χ0) is 9.68. The second-order valence-corrected chi connectivity index (χ2v) is 4.17. The van der Waals surface area contributed by atoms with Crippen LogP contribution in [0.1, 0.15) is 18.9 Å². The van der Waals surface area contributed by atoms with E-state index >= 15 is 0 Å². The van der Waals surface area contributed by atoms with Crippen molar-refractivity contribution in [2.75, 3.05) is 0 Å². The number of hydrogen-bond acceptors (Lipinski definition) is 2. The van der Waals surface area contributed by atoms with Gasteiger partial charge < -0.3 is 4.55 Å². The molecule has 0 aliphatic carbocycles. The minimum absolute atomic E-state index is 0.248. The molecule has 1 aromatic carbocycles. The highest BCUT2D eigenvalue weighted by molar-refractivity contribution is 7.79. The monoisotopic (exact) mass is 197 g/mol. The fraction of sp³-hybridized carbons (Fsp3) is 0.400. The summed E-state index contributed by atoms with van der Waals surface area (Å²) in [5, 5.41) is -0.248. The van der Waals surface area contributed by atoms with Crippen LogP contribution in [0.15, 0.2) is 30.3 Å². The average molecular weight is 197 g/mol. The first kappa shape index (κ1) is 10.4. The maximum Gasteiger partial charge on any atom is 0.0253 e. The summed E-state index contributed by atoms with van der Waals surface area (Å²) in [5.41, 5.74) is 1.08. The molecule has 0 N–H and O–H groups in total. The molecule has 3 heteroatoms. The van der Waals surface area contributed by atoms with Gasteiger partial charge in [0.05, 0.1) is 0 Å². The van der Waals surface area contributed by atoms with E-state index in [1.807, 2.05) is 37.3 Å². The van der Waals surface area contributed by atoms with Crippen LogP contribution < -0.4 is 0 Å². The zero-order valence-electron chi connectivity index (χ0n) is 7.60. The van der Waals surface area contributed by atoms with E-state index in [2.05, 4.69) is 0 Å². The Morgan fingerprint density at radius 1 is 1.38 bits per heavy atom. The topological polar surface area (TPSA) is 40.1 Å². The van der Waals surface area contributed by atoms with Crippen molar-refractivity contribution >= 4 is 11.1 Å². The first-order valence-electron chi connectivity index (χ1n) is 4.36. The van der Waals surface area contributed by atoms with Crippen molar-refractivity contribution in [1.82, 2.24) is 0 Å². The van der Waals surface area contributed by atoms with E-state index in [9.17, 15) is 8.76 Å². The summed E-state index contributed by atoms with van der Waals surface area (Å²) in [6, 6.07) is 9.69. The average Bonchev–Trinajstić information content (AvgIpc) is 2.15. The van der Waals surface area contributed by atoms with E-state index < -0.39 is 11.1 Å². The van der Waals surface area contributed by atoms with Gasteiger partial charge in [-0.2, -0.15) is 0 Å². The predicted octanol–water partition coefficient (Wildman–Crippen LogP) is 1.89. The molecule has 0 radical (unpaired) electrons. The molecule has 0 aromatic heterocycles. The lowest BCUT2D eigenvalue weighted by atomic mass is 10.1. The predicted molar refractivity (Wildman–Crippen MR) is 53.1 cm³/mol. The highest BCUT2D eigenvalue weighted by Crippen LogP contribution is 2.09. The van der Waals surface area contributed by atoms with E-state index in [0.29, 0.717) is 12.8 Å². The molecule has 1 aromatic rings. The van der Waals surface area contributed by atoms with E-state index in [1.54, 1.807) is 0 Å². The minimum atomic E-state index is -1.95. The normalized spacial score (nSPS) is 15.2. The molecular weight excluding hydrogens is 184 g/mol. The van der Waals surface area contributed by atoms with Gasteiger partial charge in [0.2, 0.25) is 0 Å². The Hall–Kier alpha value is -0.670. The Balaban J connectivity index is 2.62. The molecule has 0 heterocycles. The van der Waals surface area contributed by atoms with Crippen LogP contribution in [0.3, 0.4) is 0 Å². The van der Waals surface area contributed by atoms with E-state index in [1.165, 1.54) is 0 Å². The van der Waals surface area contributed by atoms with Gasteiger partial charge in [0.15, 0.2) is 0 Å². The zero-order valence-corrected chi connectivity index (χ0v) is 8.42. The molecule has 0 bridgehead atoms. The molecule has 0 aliphatic rings. The third-order valence-electron chi connectivity index (χ3n) is 2.03. The van der Waals surface area contributed by atoms with Crippen LogP contribution in [0.5, 0.6) is 0 Å². The Morgan fingerprint density at radius 2 is 2.00 bits per heavy atom. The molecular formula is C10H13O2S-. The lowest BCUT2D eigenvalue weighted by molar-refractivity contribution is 0.517. The molecule has 2 atom stereocenters. The summed E-state index contributed by atoms with van der Waals surface area (Å²) in [7, 11) is 0. The Morgan fingerprint density at radius 3 is 2.46 bits per heavy atom. The van der Waals surface area contributed by atoms with E-state index in [-0.39, 0.29) is 5.25 Å². The molecule has 0 amide bonds. The van der Waals surface area contributed by atoms with Gasteiger partial charge in [-0.1, -0.05) is 48.3 Å². The fourth-order valence-electron chi connectivity index (χ4n) is 1.23. The third kappa shape index (κ3) is 3.28. The molecule has 2 unspecified atom stereocenters. The minimum Gasteiger partial charge on any atom is -0.772 e. The largest absolute Gasteiger partial charge is 0.772 e. The van der Waals surface area contributed by atoms with Crippen LogP contribution in [-0.4, -0.2) is 14.0 Å².